The molecule has 0 spiro atoms. The van der Waals surface area contributed by atoms with Crippen LogP contribution in [0.3, 0.4) is 0 Å². The van der Waals surface area contributed by atoms with Crippen LogP contribution in [0.25, 0.3) is 21.6 Å². The Kier molecular flexibility index (Phi) is 6.34. The van der Waals surface area contributed by atoms with Gasteiger partial charge >= 0.3 is 6.09 Å². The van der Waals surface area contributed by atoms with Gasteiger partial charge in [0.2, 0.25) is 0 Å². The van der Waals surface area contributed by atoms with E-state index >= 15 is 0 Å². The molecule has 12 heteroatoms. The Morgan fingerprint density at radius 2 is 2.00 bits per heavy atom. The van der Waals surface area contributed by atoms with E-state index in [0.29, 0.717) is 17.0 Å². The molecule has 0 radical (unpaired) electrons. The van der Waals surface area contributed by atoms with Crippen molar-refractivity contribution < 1.29 is 18.7 Å². The number of fused-ring (bicyclic) bond motifs is 1. The van der Waals surface area contributed by atoms with E-state index in [2.05, 4.69) is 24.6 Å². The summed E-state index contributed by atoms with van der Waals surface area (Å²) in [6.07, 6.45) is -0.360. The smallest absolute Gasteiger partial charge is 0.410 e. The van der Waals surface area contributed by atoms with Gasteiger partial charge in [0.1, 0.15) is 29.1 Å². The predicted octanol–water partition coefficient (Wildman–Crippen LogP) is 3.32. The standard InChI is InChI=1S/C22H26FN7O3S/c1-11-5-16(34-29-11)15-7-14(19(24)31)17-18(28-15)20(26-10-25-17)27-13-6-12(23)8-30(9-13)21(32)33-22(2,3)4/h5,7,10,12-13H,6,8-9H2,1-4H3,(H2,24,31)(H,25,26,27)/t12-,13-/m0/s1. The molecule has 2 amide bonds. The van der Waals surface area contributed by atoms with E-state index in [1.54, 1.807) is 26.8 Å². The normalized spacial score (nSPS) is 18.7. The van der Waals surface area contributed by atoms with Crippen LogP contribution in [0.5, 0.6) is 0 Å². The predicted molar refractivity (Wildman–Crippen MR) is 126 cm³/mol. The second kappa shape index (κ2) is 9.09. The number of piperidine rings is 1. The van der Waals surface area contributed by atoms with E-state index < -0.39 is 29.8 Å². The van der Waals surface area contributed by atoms with Crippen molar-refractivity contribution >= 4 is 40.4 Å². The summed E-state index contributed by atoms with van der Waals surface area (Å²) in [5.41, 5.74) is 7.06. The summed E-state index contributed by atoms with van der Waals surface area (Å²) in [7, 11) is 0. The number of hydrogen-bond acceptors (Lipinski definition) is 9. The first-order valence-corrected chi connectivity index (χ1v) is 11.6. The molecular formula is C22H26FN7O3S. The number of carbonyl (C=O) groups excluding carboxylic acids is 2. The van der Waals surface area contributed by atoms with Gasteiger partial charge in [-0.1, -0.05) is 0 Å². The van der Waals surface area contributed by atoms with Gasteiger partial charge in [-0.05, 0) is 51.4 Å². The molecular weight excluding hydrogens is 461 g/mol. The third kappa shape index (κ3) is 5.22. The highest BCUT2D eigenvalue weighted by atomic mass is 32.1. The minimum atomic E-state index is -1.24. The Hall–Kier alpha value is -3.41. The van der Waals surface area contributed by atoms with Crippen molar-refractivity contribution in [2.24, 2.45) is 5.73 Å². The summed E-state index contributed by atoms with van der Waals surface area (Å²) < 4.78 is 24.2. The van der Waals surface area contributed by atoms with Crippen LogP contribution in [-0.4, -0.2) is 67.1 Å². The molecule has 1 saturated heterocycles. The highest BCUT2D eigenvalue weighted by Gasteiger charge is 2.33. The van der Waals surface area contributed by atoms with Crippen molar-refractivity contribution in [3.8, 4) is 10.6 Å². The maximum Gasteiger partial charge on any atom is 0.410 e. The monoisotopic (exact) mass is 487 g/mol. The topological polar surface area (TPSA) is 136 Å². The molecule has 180 valence electrons. The quantitative estimate of drug-likeness (QED) is 0.572. The van der Waals surface area contributed by atoms with Gasteiger partial charge in [0.05, 0.1) is 28.4 Å². The molecule has 0 unspecified atom stereocenters. The van der Waals surface area contributed by atoms with Crippen molar-refractivity contribution in [3.05, 3.63) is 29.7 Å². The highest BCUT2D eigenvalue weighted by Crippen LogP contribution is 2.30. The number of pyridine rings is 1. The maximum absolute atomic E-state index is 14.5. The Morgan fingerprint density at radius 3 is 2.65 bits per heavy atom. The Bertz CT molecular complexity index is 1240. The minimum Gasteiger partial charge on any atom is -0.444 e. The van der Waals surface area contributed by atoms with E-state index in [1.165, 1.54) is 22.8 Å². The van der Waals surface area contributed by atoms with E-state index in [4.69, 9.17) is 10.5 Å². The fourth-order valence-electron chi connectivity index (χ4n) is 3.75. The van der Waals surface area contributed by atoms with E-state index in [-0.39, 0.29) is 30.6 Å². The number of nitrogens with one attached hydrogen (secondary N) is 1. The van der Waals surface area contributed by atoms with Crippen LogP contribution in [0.4, 0.5) is 15.0 Å². The highest BCUT2D eigenvalue weighted by molar-refractivity contribution is 7.09. The number of amides is 2. The number of alkyl halides is 1. The van der Waals surface area contributed by atoms with Gasteiger partial charge < -0.3 is 20.7 Å². The van der Waals surface area contributed by atoms with Crippen LogP contribution in [0.2, 0.25) is 0 Å². The molecule has 0 bridgehead atoms. The molecule has 0 aromatic carbocycles. The van der Waals surface area contributed by atoms with Gasteiger partial charge in [0.15, 0.2) is 5.82 Å². The Morgan fingerprint density at radius 1 is 1.24 bits per heavy atom. The Balaban J connectivity index is 1.68. The van der Waals surface area contributed by atoms with Crippen molar-refractivity contribution in [2.75, 3.05) is 18.4 Å². The van der Waals surface area contributed by atoms with Gasteiger partial charge in [-0.25, -0.2) is 24.1 Å². The number of nitrogens with two attached hydrogens (primary N) is 1. The molecule has 2 atom stereocenters. The van der Waals surface area contributed by atoms with Crippen molar-refractivity contribution in [1.82, 2.24) is 24.2 Å². The van der Waals surface area contributed by atoms with Gasteiger partial charge in [-0.3, -0.25) is 4.79 Å². The van der Waals surface area contributed by atoms with Crippen molar-refractivity contribution in [2.45, 2.75) is 51.9 Å². The number of primary amides is 1. The van der Waals surface area contributed by atoms with Gasteiger partial charge in [0.25, 0.3) is 5.91 Å². The number of anilines is 1. The van der Waals surface area contributed by atoms with Crippen LogP contribution in [0.1, 0.15) is 43.2 Å². The second-order valence-electron chi connectivity index (χ2n) is 9.23. The summed E-state index contributed by atoms with van der Waals surface area (Å²) in [5.74, 6) is -0.337. The lowest BCUT2D eigenvalue weighted by Gasteiger charge is -2.36. The molecule has 3 N–H and O–H groups in total. The number of nitrogens with zero attached hydrogens (tertiary/aromatic N) is 5. The molecule has 0 aliphatic carbocycles. The first-order valence-electron chi connectivity index (χ1n) is 10.8. The summed E-state index contributed by atoms with van der Waals surface area (Å²) in [5, 5.41) is 3.18. The van der Waals surface area contributed by atoms with Crippen LogP contribution in [0, 0.1) is 6.92 Å². The number of rotatable bonds is 4. The lowest BCUT2D eigenvalue weighted by molar-refractivity contribution is 0.0124. The van der Waals surface area contributed by atoms with Crippen LogP contribution < -0.4 is 11.1 Å². The number of aryl methyl sites for hydroxylation is 1. The van der Waals surface area contributed by atoms with E-state index in [9.17, 15) is 14.0 Å². The minimum absolute atomic E-state index is 0.0451. The number of carbonyl (C=O) groups is 2. The largest absolute Gasteiger partial charge is 0.444 e. The third-order valence-electron chi connectivity index (χ3n) is 5.13. The number of hydrogen-bond donors (Lipinski definition) is 2. The summed E-state index contributed by atoms with van der Waals surface area (Å²) in [4.78, 5) is 39.9. The molecule has 10 nitrogen and oxygen atoms in total. The lowest BCUT2D eigenvalue weighted by atomic mass is 10.0. The van der Waals surface area contributed by atoms with Crippen LogP contribution in [-0.2, 0) is 4.74 Å². The zero-order chi connectivity index (χ0) is 24.6. The fraction of sp³-hybridized carbons (Fsp3) is 0.455. The van der Waals surface area contributed by atoms with Gasteiger partial charge in [-0.15, -0.1) is 0 Å². The first-order chi connectivity index (χ1) is 16.0. The van der Waals surface area contributed by atoms with E-state index in [0.717, 1.165) is 10.6 Å². The number of ether oxygens (including phenoxy) is 1. The van der Waals surface area contributed by atoms with Crippen LogP contribution in [0.15, 0.2) is 18.5 Å². The van der Waals surface area contributed by atoms with Crippen LogP contribution >= 0.6 is 11.5 Å². The summed E-state index contributed by atoms with van der Waals surface area (Å²) in [6.45, 7) is 7.31. The first kappa shape index (κ1) is 23.7. The van der Waals surface area contributed by atoms with Crippen molar-refractivity contribution in [1.29, 1.82) is 0 Å². The zero-order valence-electron chi connectivity index (χ0n) is 19.3. The molecule has 1 fully saturated rings. The number of aromatic nitrogens is 4. The average Bonchev–Trinajstić information content (AvgIpc) is 3.18. The molecule has 4 rings (SSSR count). The zero-order valence-corrected chi connectivity index (χ0v) is 20.1. The second-order valence-corrected chi connectivity index (χ2v) is 10.0. The van der Waals surface area contributed by atoms with Crippen molar-refractivity contribution in [3.63, 3.8) is 0 Å². The molecule has 3 aromatic heterocycles. The van der Waals surface area contributed by atoms with E-state index in [1.807, 2.05) is 13.0 Å². The molecule has 34 heavy (non-hydrogen) atoms. The number of likely N-dealkylation sites (tertiary alicyclic amines) is 1. The Labute approximate surface area is 199 Å². The molecule has 1 aliphatic rings. The number of halogens is 1. The molecule has 1 aliphatic heterocycles. The molecule has 4 heterocycles. The summed E-state index contributed by atoms with van der Waals surface area (Å²) >= 11 is 1.25. The lowest BCUT2D eigenvalue weighted by Crippen LogP contribution is -2.51. The molecule has 0 saturated carbocycles. The SMILES string of the molecule is Cc1cc(-c2cc(C(N)=O)c3ncnc(N[C@H]4C[C@H](F)CN(C(=O)OC(C)(C)C)C4)c3n2)sn1. The average molecular weight is 488 g/mol. The fourth-order valence-corrected chi connectivity index (χ4v) is 4.47. The van der Waals surface area contributed by atoms with Gasteiger partial charge in [-0.2, -0.15) is 4.37 Å². The van der Waals surface area contributed by atoms with Gasteiger partial charge in [0, 0.05) is 19.0 Å². The maximum atomic E-state index is 14.5. The third-order valence-corrected chi connectivity index (χ3v) is 6.03. The summed E-state index contributed by atoms with van der Waals surface area (Å²) in [6, 6.07) is 2.98. The molecule has 3 aromatic rings.